The molecule has 52 valence electrons. The van der Waals surface area contributed by atoms with Crippen molar-refractivity contribution in [3.05, 3.63) is 27.7 Å². The fraction of sp³-hybridized carbons (Fsp3) is 0. The average Bonchev–Trinajstić information content (AvgIpc) is 2.04. The normalized spacial score (nSPS) is 8.18. The first kappa shape index (κ1) is 6.97. The molecule has 11 heavy (non-hydrogen) atoms. The minimum atomic E-state index is -0.633. The number of aromatic nitrogens is 2. The third kappa shape index (κ3) is 1.07. The van der Waals surface area contributed by atoms with E-state index in [1.807, 2.05) is 5.10 Å². The molecule has 1 aromatic heterocycles. The Hall–Kier alpha value is -2.14. The van der Waals surface area contributed by atoms with Crippen LogP contribution >= 0.6 is 0 Å². The lowest BCUT2D eigenvalue weighted by molar-refractivity contribution is 0.974. The molecular weight excluding hydrogens is 144 g/mol. The quantitative estimate of drug-likeness (QED) is 0.534. The lowest BCUT2D eigenvalue weighted by Gasteiger charge is -1.87. The van der Waals surface area contributed by atoms with Crippen LogP contribution in [-0.2, 0) is 0 Å². The lowest BCUT2D eigenvalue weighted by atomic mass is 10.2. The van der Waals surface area contributed by atoms with E-state index in [-0.39, 0.29) is 11.1 Å². The molecule has 0 fully saturated rings. The molecule has 0 aromatic carbocycles. The third-order valence-corrected chi connectivity index (χ3v) is 1.09. The molecule has 0 bridgehead atoms. The van der Waals surface area contributed by atoms with Crippen LogP contribution in [0.25, 0.3) is 0 Å². The number of nitrogens with one attached hydrogen (secondary N) is 1. The van der Waals surface area contributed by atoms with Gasteiger partial charge in [0.2, 0.25) is 0 Å². The zero-order valence-corrected chi connectivity index (χ0v) is 5.33. The largest absolute Gasteiger partial charge is 0.283 e. The molecule has 1 rings (SSSR count). The van der Waals surface area contributed by atoms with Crippen LogP contribution in [0.3, 0.4) is 0 Å². The van der Waals surface area contributed by atoms with Crippen molar-refractivity contribution in [1.29, 1.82) is 10.5 Å². The van der Waals surface area contributed by atoms with E-state index in [4.69, 9.17) is 10.5 Å². The van der Waals surface area contributed by atoms with Crippen molar-refractivity contribution in [2.75, 3.05) is 0 Å². The zero-order chi connectivity index (χ0) is 8.27. The number of aromatic amines is 1. The van der Waals surface area contributed by atoms with Gasteiger partial charge in [0, 0.05) is 0 Å². The first-order chi connectivity index (χ1) is 5.29. The Morgan fingerprint density at radius 1 is 1.45 bits per heavy atom. The fourth-order valence-corrected chi connectivity index (χ4v) is 0.594. The number of nitrogens with zero attached hydrogens (tertiary/aromatic N) is 3. The molecule has 1 N–H and O–H groups in total. The molecule has 5 heteroatoms. The van der Waals surface area contributed by atoms with Gasteiger partial charge in [-0.05, 0) is 0 Å². The van der Waals surface area contributed by atoms with E-state index in [0.29, 0.717) is 0 Å². The van der Waals surface area contributed by atoms with Gasteiger partial charge in [-0.2, -0.15) is 15.6 Å². The second-order valence-corrected chi connectivity index (χ2v) is 1.71. The first-order valence-corrected chi connectivity index (χ1v) is 2.67. The van der Waals surface area contributed by atoms with Gasteiger partial charge >= 0.3 is 0 Å². The van der Waals surface area contributed by atoms with E-state index in [1.54, 1.807) is 12.1 Å². The van der Waals surface area contributed by atoms with Crippen LogP contribution in [0.1, 0.15) is 11.1 Å². The van der Waals surface area contributed by atoms with E-state index in [0.717, 1.165) is 6.20 Å². The molecule has 0 radical (unpaired) electrons. The van der Waals surface area contributed by atoms with E-state index in [9.17, 15) is 4.79 Å². The van der Waals surface area contributed by atoms with Crippen LogP contribution in [0, 0.1) is 22.7 Å². The van der Waals surface area contributed by atoms with Crippen molar-refractivity contribution in [3.8, 4) is 12.1 Å². The average molecular weight is 146 g/mol. The Morgan fingerprint density at radius 2 is 2.18 bits per heavy atom. The van der Waals surface area contributed by atoms with Gasteiger partial charge < -0.3 is 0 Å². The third-order valence-electron chi connectivity index (χ3n) is 1.09. The summed E-state index contributed by atoms with van der Waals surface area (Å²) in [5.74, 6) is 0. The van der Waals surface area contributed by atoms with Crippen LogP contribution in [-0.4, -0.2) is 10.2 Å². The van der Waals surface area contributed by atoms with Crippen LogP contribution in [0.15, 0.2) is 11.0 Å². The standard InChI is InChI=1S/C6H2N4O/c7-1-4-3-9-10-6(11)5(4)2-8/h3H,(H,10,11). The maximum atomic E-state index is 10.7. The van der Waals surface area contributed by atoms with Crippen molar-refractivity contribution in [1.82, 2.24) is 10.2 Å². The van der Waals surface area contributed by atoms with Gasteiger partial charge in [0.1, 0.15) is 17.7 Å². The molecule has 0 aliphatic carbocycles. The van der Waals surface area contributed by atoms with E-state index < -0.39 is 5.56 Å². The van der Waals surface area contributed by atoms with Gasteiger partial charge in [-0.25, -0.2) is 5.10 Å². The highest BCUT2D eigenvalue weighted by Crippen LogP contribution is 1.94. The molecule has 0 saturated carbocycles. The van der Waals surface area contributed by atoms with Crippen molar-refractivity contribution in [2.45, 2.75) is 0 Å². The van der Waals surface area contributed by atoms with Gasteiger partial charge in [-0.1, -0.05) is 0 Å². The van der Waals surface area contributed by atoms with Crippen LogP contribution in [0.2, 0.25) is 0 Å². The molecule has 0 aliphatic heterocycles. The van der Waals surface area contributed by atoms with Crippen molar-refractivity contribution in [3.63, 3.8) is 0 Å². The maximum absolute atomic E-state index is 10.7. The number of nitriles is 2. The van der Waals surface area contributed by atoms with Gasteiger partial charge in [0.25, 0.3) is 5.56 Å². The lowest BCUT2D eigenvalue weighted by Crippen LogP contribution is -2.13. The summed E-state index contributed by atoms with van der Waals surface area (Å²) < 4.78 is 0. The van der Waals surface area contributed by atoms with E-state index >= 15 is 0 Å². The Kier molecular flexibility index (Phi) is 1.67. The summed E-state index contributed by atoms with van der Waals surface area (Å²) in [5, 5.41) is 22.2. The monoisotopic (exact) mass is 146 g/mol. The first-order valence-electron chi connectivity index (χ1n) is 2.67. The summed E-state index contributed by atoms with van der Waals surface area (Å²) in [5.41, 5.74) is -0.828. The number of hydrogen-bond donors (Lipinski definition) is 1. The Bertz CT molecular complexity index is 406. The van der Waals surface area contributed by atoms with E-state index in [1.165, 1.54) is 0 Å². The molecule has 0 saturated heterocycles. The zero-order valence-electron chi connectivity index (χ0n) is 5.33. The molecule has 0 atom stereocenters. The summed E-state index contributed by atoms with van der Waals surface area (Å²) in [6.07, 6.45) is 1.14. The topological polar surface area (TPSA) is 93.3 Å². The van der Waals surface area contributed by atoms with E-state index in [2.05, 4.69) is 5.10 Å². The second kappa shape index (κ2) is 2.63. The summed E-state index contributed by atoms with van der Waals surface area (Å²) in [7, 11) is 0. The minimum Gasteiger partial charge on any atom is -0.266 e. The second-order valence-electron chi connectivity index (χ2n) is 1.71. The molecule has 1 aromatic rings. The summed E-state index contributed by atoms with van der Waals surface area (Å²) in [4.78, 5) is 10.7. The van der Waals surface area contributed by atoms with Crippen molar-refractivity contribution >= 4 is 0 Å². The minimum absolute atomic E-state index is 0.00347. The SMILES string of the molecule is N#Cc1cn[nH]c(=O)c1C#N. The molecule has 0 spiro atoms. The molecule has 1 heterocycles. The number of hydrogen-bond acceptors (Lipinski definition) is 4. The number of H-pyrrole nitrogens is 1. The number of rotatable bonds is 0. The van der Waals surface area contributed by atoms with Crippen LogP contribution in [0.5, 0.6) is 0 Å². The molecule has 0 unspecified atom stereocenters. The summed E-state index contributed by atoms with van der Waals surface area (Å²) in [6, 6.07) is 3.29. The van der Waals surface area contributed by atoms with Crippen LogP contribution < -0.4 is 5.56 Å². The van der Waals surface area contributed by atoms with Crippen molar-refractivity contribution < 1.29 is 0 Å². The predicted octanol–water partition coefficient (Wildman–Crippen LogP) is -0.487. The van der Waals surface area contributed by atoms with Gasteiger partial charge in [-0.3, -0.25) is 4.79 Å². The fourth-order valence-electron chi connectivity index (χ4n) is 0.594. The van der Waals surface area contributed by atoms with Crippen LogP contribution in [0.4, 0.5) is 0 Å². The highest BCUT2D eigenvalue weighted by Gasteiger charge is 2.04. The highest BCUT2D eigenvalue weighted by atomic mass is 16.1. The molecular formula is C6H2N4O. The summed E-state index contributed by atoms with van der Waals surface area (Å²) >= 11 is 0. The van der Waals surface area contributed by atoms with Gasteiger partial charge in [-0.15, -0.1) is 0 Å². The smallest absolute Gasteiger partial charge is 0.266 e. The van der Waals surface area contributed by atoms with Crippen molar-refractivity contribution in [2.24, 2.45) is 0 Å². The van der Waals surface area contributed by atoms with Gasteiger partial charge in [0.05, 0.1) is 11.8 Å². The maximum Gasteiger partial charge on any atom is 0.283 e. The summed E-state index contributed by atoms with van der Waals surface area (Å²) in [6.45, 7) is 0. The Morgan fingerprint density at radius 3 is 2.64 bits per heavy atom. The predicted molar refractivity (Wildman–Crippen MR) is 34.3 cm³/mol. The molecule has 0 amide bonds. The molecule has 0 aliphatic rings. The Labute approximate surface area is 61.5 Å². The Balaban J connectivity index is 3.56. The highest BCUT2D eigenvalue weighted by molar-refractivity contribution is 5.41. The van der Waals surface area contributed by atoms with Gasteiger partial charge in [0.15, 0.2) is 0 Å². The molecule has 5 nitrogen and oxygen atoms in total.